The monoisotopic (exact) mass is 336 g/mol. The van der Waals surface area contributed by atoms with Crippen molar-refractivity contribution in [1.29, 1.82) is 0 Å². The van der Waals surface area contributed by atoms with Crippen LogP contribution in [0.3, 0.4) is 0 Å². The van der Waals surface area contributed by atoms with Crippen molar-refractivity contribution in [2.75, 3.05) is 13.1 Å². The first kappa shape index (κ1) is 21.4. The lowest BCUT2D eigenvalue weighted by Gasteiger charge is -2.26. The predicted octanol–water partition coefficient (Wildman–Crippen LogP) is 2.91. The smallest absolute Gasteiger partial charge is 0.411 e. The van der Waals surface area contributed by atoms with Crippen molar-refractivity contribution >= 4 is 6.09 Å². The quantitative estimate of drug-likeness (QED) is 0.864. The molecule has 0 bridgehead atoms. The first-order valence-electron chi connectivity index (χ1n) is 7.13. The maximum absolute atomic E-state index is 13.1. The minimum Gasteiger partial charge on any atom is -0.444 e. The summed E-state index contributed by atoms with van der Waals surface area (Å²) >= 11 is 0. The topological polar surface area (TPSA) is 55.6 Å². The minimum absolute atomic E-state index is 0.0217. The lowest BCUT2D eigenvalue weighted by Crippen LogP contribution is -2.36. The molecule has 0 radical (unpaired) electrons. The molecule has 0 atom stereocenters. The predicted molar refractivity (Wildman–Crippen MR) is 89.7 cm³/mol. The van der Waals surface area contributed by atoms with Crippen molar-refractivity contribution in [2.24, 2.45) is 5.73 Å². The number of ether oxygens (including phenoxy) is 1. The highest BCUT2D eigenvalue weighted by atomic mass is 19.2. The Morgan fingerprint density at radius 2 is 1.83 bits per heavy atom. The molecule has 1 rings (SSSR count). The average molecular weight is 336 g/mol. The van der Waals surface area contributed by atoms with Gasteiger partial charge >= 0.3 is 6.09 Å². The molecular weight excluding hydrogens is 314 g/mol. The van der Waals surface area contributed by atoms with Crippen molar-refractivity contribution in [3.63, 3.8) is 0 Å². The van der Waals surface area contributed by atoms with Crippen LogP contribution in [0, 0.1) is 36.3 Å². The Labute approximate surface area is 142 Å². The molecule has 0 aliphatic carbocycles. The standard InChI is InChI=1S/C15H17F2NO2.C3H5N/c1-5-8-18(14(19)20-15(2,3)4)10-11-6-7-12(16)13(17)9-11;1-2-3-4/h1,6-7,9H,8,10H2,2-4H3;1H,3-4H2. The third kappa shape index (κ3) is 8.77. The highest BCUT2D eigenvalue weighted by Gasteiger charge is 2.22. The van der Waals surface area contributed by atoms with E-state index in [9.17, 15) is 13.6 Å². The van der Waals surface area contributed by atoms with Gasteiger partial charge in [-0.2, -0.15) is 0 Å². The highest BCUT2D eigenvalue weighted by molar-refractivity contribution is 5.68. The number of nitrogens with zero attached hydrogens (tertiary/aromatic N) is 1. The molecule has 0 spiro atoms. The maximum Gasteiger partial charge on any atom is 0.411 e. The van der Waals surface area contributed by atoms with Crippen LogP contribution in [0.25, 0.3) is 0 Å². The van der Waals surface area contributed by atoms with Gasteiger partial charge in [0.1, 0.15) is 5.60 Å². The molecule has 0 unspecified atom stereocenters. The Balaban J connectivity index is 0.00000118. The number of halogens is 2. The largest absolute Gasteiger partial charge is 0.444 e. The fourth-order valence-corrected chi connectivity index (χ4v) is 1.48. The lowest BCUT2D eigenvalue weighted by atomic mass is 10.2. The van der Waals surface area contributed by atoms with Crippen LogP contribution in [0.4, 0.5) is 13.6 Å². The second-order valence-corrected chi connectivity index (χ2v) is 5.70. The number of benzene rings is 1. The second kappa shape index (κ2) is 10.3. The molecule has 4 nitrogen and oxygen atoms in total. The van der Waals surface area contributed by atoms with Crippen LogP contribution in [0.2, 0.25) is 0 Å². The van der Waals surface area contributed by atoms with E-state index in [1.54, 1.807) is 20.8 Å². The summed E-state index contributed by atoms with van der Waals surface area (Å²) < 4.78 is 31.2. The van der Waals surface area contributed by atoms with E-state index in [4.69, 9.17) is 16.9 Å². The summed E-state index contributed by atoms with van der Waals surface area (Å²) in [7, 11) is 0. The van der Waals surface area contributed by atoms with Crippen LogP contribution in [-0.4, -0.2) is 29.7 Å². The van der Waals surface area contributed by atoms with Gasteiger partial charge < -0.3 is 10.5 Å². The third-order valence-electron chi connectivity index (χ3n) is 2.41. The normalized spacial score (nSPS) is 9.83. The van der Waals surface area contributed by atoms with Crippen LogP contribution in [0.15, 0.2) is 18.2 Å². The molecule has 0 saturated carbocycles. The third-order valence-corrected chi connectivity index (χ3v) is 2.41. The Morgan fingerprint density at radius 1 is 1.25 bits per heavy atom. The van der Waals surface area contributed by atoms with E-state index in [-0.39, 0.29) is 13.1 Å². The summed E-state index contributed by atoms with van der Waals surface area (Å²) in [6.07, 6.45) is 9.26. The van der Waals surface area contributed by atoms with Gasteiger partial charge in [0.15, 0.2) is 11.6 Å². The van der Waals surface area contributed by atoms with Crippen LogP contribution >= 0.6 is 0 Å². The Hall–Kier alpha value is -2.57. The molecule has 1 amide bonds. The summed E-state index contributed by atoms with van der Waals surface area (Å²) in [6, 6.07) is 3.43. The van der Waals surface area contributed by atoms with Gasteiger partial charge in [-0.05, 0) is 38.5 Å². The van der Waals surface area contributed by atoms with Crippen molar-refractivity contribution in [2.45, 2.75) is 32.9 Å². The number of hydrogen-bond donors (Lipinski definition) is 1. The number of hydrogen-bond acceptors (Lipinski definition) is 3. The summed E-state index contributed by atoms with van der Waals surface area (Å²) in [5.41, 5.74) is 4.57. The van der Waals surface area contributed by atoms with Crippen molar-refractivity contribution < 1.29 is 18.3 Å². The van der Waals surface area contributed by atoms with Gasteiger partial charge in [-0.15, -0.1) is 12.8 Å². The molecule has 1 aromatic carbocycles. The zero-order chi connectivity index (χ0) is 18.8. The van der Waals surface area contributed by atoms with Crippen LogP contribution in [0.5, 0.6) is 0 Å². The van der Waals surface area contributed by atoms with Crippen molar-refractivity contribution in [1.82, 2.24) is 4.90 Å². The summed E-state index contributed by atoms with van der Waals surface area (Å²) in [5.74, 6) is 2.65. The molecule has 6 heteroatoms. The number of carbonyl (C=O) groups is 1. The van der Waals surface area contributed by atoms with Gasteiger partial charge in [0, 0.05) is 0 Å². The molecule has 0 aliphatic rings. The molecule has 0 saturated heterocycles. The Kier molecular flexibility index (Phi) is 9.15. The molecule has 1 aromatic rings. The molecule has 0 heterocycles. The van der Waals surface area contributed by atoms with E-state index in [0.29, 0.717) is 12.1 Å². The van der Waals surface area contributed by atoms with Gasteiger partial charge in [-0.3, -0.25) is 4.90 Å². The SMILES string of the molecule is C#CCN.C#CCN(Cc1ccc(F)c(F)c1)C(=O)OC(C)(C)C. The number of amides is 1. The fourth-order valence-electron chi connectivity index (χ4n) is 1.48. The van der Waals surface area contributed by atoms with Gasteiger partial charge in [-0.25, -0.2) is 13.6 Å². The molecule has 0 fully saturated rings. The first-order chi connectivity index (χ1) is 11.1. The molecule has 0 aromatic heterocycles. The van der Waals surface area contributed by atoms with E-state index >= 15 is 0 Å². The van der Waals surface area contributed by atoms with E-state index < -0.39 is 23.3 Å². The number of carbonyl (C=O) groups excluding carboxylic acids is 1. The average Bonchev–Trinajstić information content (AvgIpc) is 2.49. The number of nitrogens with two attached hydrogens (primary N) is 1. The van der Waals surface area contributed by atoms with Crippen LogP contribution in [-0.2, 0) is 11.3 Å². The summed E-state index contributed by atoms with van der Waals surface area (Å²) in [5, 5.41) is 0. The highest BCUT2D eigenvalue weighted by Crippen LogP contribution is 2.14. The molecule has 2 N–H and O–H groups in total. The molecule has 130 valence electrons. The Bertz CT molecular complexity index is 625. The maximum atomic E-state index is 13.1. The Morgan fingerprint density at radius 3 is 2.25 bits per heavy atom. The zero-order valence-electron chi connectivity index (χ0n) is 14.1. The van der Waals surface area contributed by atoms with E-state index in [1.807, 2.05) is 0 Å². The van der Waals surface area contributed by atoms with Gasteiger partial charge in [0.2, 0.25) is 0 Å². The number of rotatable bonds is 3. The van der Waals surface area contributed by atoms with Crippen LogP contribution in [0.1, 0.15) is 26.3 Å². The lowest BCUT2D eigenvalue weighted by molar-refractivity contribution is 0.0260. The van der Waals surface area contributed by atoms with E-state index in [0.717, 1.165) is 12.1 Å². The van der Waals surface area contributed by atoms with Gasteiger partial charge in [0.25, 0.3) is 0 Å². The van der Waals surface area contributed by atoms with E-state index in [1.165, 1.54) is 11.0 Å². The van der Waals surface area contributed by atoms with Crippen LogP contribution < -0.4 is 5.73 Å². The minimum atomic E-state index is -0.965. The molecule has 0 aliphatic heterocycles. The first-order valence-corrected chi connectivity index (χ1v) is 7.13. The van der Waals surface area contributed by atoms with E-state index in [2.05, 4.69) is 18.3 Å². The van der Waals surface area contributed by atoms with Crippen molar-refractivity contribution in [3.05, 3.63) is 35.4 Å². The molecule has 24 heavy (non-hydrogen) atoms. The van der Waals surface area contributed by atoms with Crippen molar-refractivity contribution in [3.8, 4) is 24.7 Å². The molecular formula is C18H22F2N2O2. The van der Waals surface area contributed by atoms with Gasteiger partial charge in [-0.1, -0.05) is 17.9 Å². The number of terminal acetylenes is 2. The summed E-state index contributed by atoms with van der Waals surface area (Å²) in [6.45, 7) is 5.62. The second-order valence-electron chi connectivity index (χ2n) is 5.70. The zero-order valence-corrected chi connectivity index (χ0v) is 14.1. The fraction of sp³-hybridized carbons (Fsp3) is 0.389. The van der Waals surface area contributed by atoms with Gasteiger partial charge in [0.05, 0.1) is 19.6 Å². The summed E-state index contributed by atoms with van der Waals surface area (Å²) in [4.78, 5) is 13.2.